The number of carbonyl (C=O) groups excluding carboxylic acids is 2. The summed E-state index contributed by atoms with van der Waals surface area (Å²) in [5.74, 6) is -0.757. The number of halogens is 1. The zero-order valence-corrected chi connectivity index (χ0v) is 12.0. The predicted octanol–water partition coefficient (Wildman–Crippen LogP) is 2.16. The van der Waals surface area contributed by atoms with E-state index in [2.05, 4.69) is 5.32 Å². The van der Waals surface area contributed by atoms with E-state index in [1.807, 2.05) is 13.8 Å². The van der Waals surface area contributed by atoms with Crippen LogP contribution in [0.15, 0.2) is 18.2 Å². The number of carbonyl (C=O) groups is 2. The topological polar surface area (TPSA) is 49.4 Å². The van der Waals surface area contributed by atoms with Crippen molar-refractivity contribution in [3.63, 3.8) is 0 Å². The number of amides is 2. The second-order valence-electron chi connectivity index (χ2n) is 5.11. The number of hydrogen-bond donors (Lipinski definition) is 1. The fourth-order valence-corrected chi connectivity index (χ4v) is 2.65. The fourth-order valence-electron chi connectivity index (χ4n) is 2.65. The second-order valence-corrected chi connectivity index (χ2v) is 5.11. The summed E-state index contributed by atoms with van der Waals surface area (Å²) in [6.07, 6.45) is 1.03. The van der Waals surface area contributed by atoms with Crippen LogP contribution >= 0.6 is 0 Å². The molecule has 0 aromatic heterocycles. The summed E-state index contributed by atoms with van der Waals surface area (Å²) in [5.41, 5.74) is -0.0264. The third-order valence-electron chi connectivity index (χ3n) is 4.07. The molecule has 0 unspecified atom stereocenters. The third-order valence-corrected chi connectivity index (χ3v) is 4.07. The summed E-state index contributed by atoms with van der Waals surface area (Å²) in [6, 6.07) is 4.57. The van der Waals surface area contributed by atoms with E-state index in [0.717, 1.165) is 0 Å². The van der Waals surface area contributed by atoms with Gasteiger partial charge in [-0.05, 0) is 31.9 Å². The smallest absolute Gasteiger partial charge is 0.253 e. The number of nitrogens with zero attached hydrogens (tertiary/aromatic N) is 1. The van der Waals surface area contributed by atoms with Crippen molar-refractivity contribution in [2.75, 3.05) is 11.4 Å². The van der Waals surface area contributed by atoms with Crippen LogP contribution in [0.1, 0.15) is 32.3 Å². The molecule has 108 valence electrons. The highest BCUT2D eigenvalue weighted by molar-refractivity contribution is 6.09. The van der Waals surface area contributed by atoms with Gasteiger partial charge in [-0.1, -0.05) is 19.9 Å². The van der Waals surface area contributed by atoms with Gasteiger partial charge < -0.3 is 10.2 Å². The lowest BCUT2D eigenvalue weighted by molar-refractivity contribution is -0.136. The second kappa shape index (κ2) is 5.23. The molecule has 4 nitrogen and oxygen atoms in total. The van der Waals surface area contributed by atoms with Gasteiger partial charge in [0, 0.05) is 5.56 Å². The van der Waals surface area contributed by atoms with E-state index in [9.17, 15) is 14.0 Å². The maximum atomic E-state index is 13.7. The summed E-state index contributed by atoms with van der Waals surface area (Å²) in [5, 5.41) is 2.79. The number of nitrogens with one attached hydrogen (secondary N) is 1. The SMILES string of the molecule is CCC1(CC)NC(=O)CN(c2cccc(F)c2C)C1=O. The summed E-state index contributed by atoms with van der Waals surface area (Å²) >= 11 is 0. The molecule has 0 spiro atoms. The van der Waals surface area contributed by atoms with Gasteiger partial charge in [0.05, 0.1) is 5.69 Å². The Labute approximate surface area is 118 Å². The third kappa shape index (κ3) is 2.17. The van der Waals surface area contributed by atoms with Crippen LogP contribution in [0.25, 0.3) is 0 Å². The Kier molecular flexibility index (Phi) is 3.79. The van der Waals surface area contributed by atoms with Gasteiger partial charge in [-0.15, -0.1) is 0 Å². The Hall–Kier alpha value is -1.91. The first kappa shape index (κ1) is 14.5. The van der Waals surface area contributed by atoms with E-state index in [-0.39, 0.29) is 24.2 Å². The van der Waals surface area contributed by atoms with Crippen molar-refractivity contribution < 1.29 is 14.0 Å². The number of rotatable bonds is 3. The van der Waals surface area contributed by atoms with Crippen molar-refractivity contribution in [2.45, 2.75) is 39.2 Å². The molecule has 1 saturated heterocycles. The van der Waals surface area contributed by atoms with Crippen LogP contribution in [0.4, 0.5) is 10.1 Å². The van der Waals surface area contributed by atoms with Crippen LogP contribution in [0.2, 0.25) is 0 Å². The van der Waals surface area contributed by atoms with E-state index in [1.165, 1.54) is 11.0 Å². The van der Waals surface area contributed by atoms with Crippen LogP contribution in [0.3, 0.4) is 0 Å². The highest BCUT2D eigenvalue weighted by Gasteiger charge is 2.44. The zero-order chi connectivity index (χ0) is 14.9. The molecule has 1 heterocycles. The van der Waals surface area contributed by atoms with Gasteiger partial charge in [-0.3, -0.25) is 9.59 Å². The van der Waals surface area contributed by atoms with Crippen LogP contribution in [0, 0.1) is 12.7 Å². The molecular weight excluding hydrogens is 259 g/mol. The first-order chi connectivity index (χ1) is 9.45. The van der Waals surface area contributed by atoms with Gasteiger partial charge in [-0.2, -0.15) is 0 Å². The van der Waals surface area contributed by atoms with Gasteiger partial charge in [0.1, 0.15) is 17.9 Å². The molecular formula is C15H19FN2O2. The summed E-state index contributed by atoms with van der Waals surface area (Å²) < 4.78 is 13.7. The Morgan fingerprint density at radius 2 is 1.95 bits per heavy atom. The monoisotopic (exact) mass is 278 g/mol. The first-order valence-electron chi connectivity index (χ1n) is 6.83. The molecule has 0 radical (unpaired) electrons. The van der Waals surface area contributed by atoms with Crippen LogP contribution in [-0.4, -0.2) is 23.9 Å². The molecule has 1 aromatic rings. The molecule has 2 amide bonds. The molecule has 0 atom stereocenters. The van der Waals surface area contributed by atoms with Crippen molar-refractivity contribution in [2.24, 2.45) is 0 Å². The standard InChI is InChI=1S/C15H19FN2O2/c1-4-15(5-2)14(20)18(9-13(19)17-15)12-8-6-7-11(16)10(12)3/h6-8H,4-5,9H2,1-3H3,(H,17,19). The lowest BCUT2D eigenvalue weighted by Gasteiger charge is -2.41. The van der Waals surface area contributed by atoms with Crippen molar-refractivity contribution in [1.29, 1.82) is 0 Å². The van der Waals surface area contributed by atoms with E-state index in [0.29, 0.717) is 24.1 Å². The minimum absolute atomic E-state index is 0.0646. The van der Waals surface area contributed by atoms with Gasteiger partial charge in [0.2, 0.25) is 5.91 Å². The molecule has 1 aliphatic rings. The maximum Gasteiger partial charge on any atom is 0.253 e. The van der Waals surface area contributed by atoms with Gasteiger partial charge in [-0.25, -0.2) is 4.39 Å². The molecule has 20 heavy (non-hydrogen) atoms. The molecule has 0 bridgehead atoms. The van der Waals surface area contributed by atoms with Gasteiger partial charge in [0.15, 0.2) is 0 Å². The lowest BCUT2D eigenvalue weighted by Crippen LogP contribution is -2.66. The number of anilines is 1. The Morgan fingerprint density at radius 1 is 1.30 bits per heavy atom. The van der Waals surface area contributed by atoms with E-state index in [4.69, 9.17) is 0 Å². The van der Waals surface area contributed by atoms with E-state index in [1.54, 1.807) is 19.1 Å². The van der Waals surface area contributed by atoms with Crippen molar-refractivity contribution in [1.82, 2.24) is 5.32 Å². The van der Waals surface area contributed by atoms with Crippen molar-refractivity contribution >= 4 is 17.5 Å². The largest absolute Gasteiger partial charge is 0.340 e. The average molecular weight is 278 g/mol. The average Bonchev–Trinajstić information content (AvgIpc) is 2.44. The Bertz CT molecular complexity index is 553. The maximum absolute atomic E-state index is 13.7. The minimum atomic E-state index is -0.881. The van der Waals surface area contributed by atoms with Crippen LogP contribution < -0.4 is 10.2 Å². The first-order valence-corrected chi connectivity index (χ1v) is 6.83. The van der Waals surface area contributed by atoms with Crippen LogP contribution in [-0.2, 0) is 9.59 Å². The molecule has 1 N–H and O–H groups in total. The van der Waals surface area contributed by atoms with Crippen LogP contribution in [0.5, 0.6) is 0 Å². The van der Waals surface area contributed by atoms with Gasteiger partial charge >= 0.3 is 0 Å². The summed E-state index contributed by atoms with van der Waals surface area (Å²) in [4.78, 5) is 26.0. The Balaban J connectivity index is 2.48. The van der Waals surface area contributed by atoms with Crippen molar-refractivity contribution in [3.05, 3.63) is 29.6 Å². The normalized spacial score (nSPS) is 18.1. The number of hydrogen-bond acceptors (Lipinski definition) is 2. The molecule has 1 aromatic carbocycles. The predicted molar refractivity (Wildman–Crippen MR) is 74.9 cm³/mol. The lowest BCUT2D eigenvalue weighted by atomic mass is 9.88. The number of piperazine rings is 1. The van der Waals surface area contributed by atoms with Gasteiger partial charge in [0.25, 0.3) is 5.91 Å². The van der Waals surface area contributed by atoms with Crippen molar-refractivity contribution in [3.8, 4) is 0 Å². The highest BCUT2D eigenvalue weighted by Crippen LogP contribution is 2.29. The minimum Gasteiger partial charge on any atom is -0.340 e. The highest BCUT2D eigenvalue weighted by atomic mass is 19.1. The fraction of sp³-hybridized carbons (Fsp3) is 0.467. The molecule has 5 heteroatoms. The summed E-state index contributed by atoms with van der Waals surface area (Å²) in [7, 11) is 0. The summed E-state index contributed by atoms with van der Waals surface area (Å²) in [6.45, 7) is 5.28. The molecule has 0 saturated carbocycles. The number of benzene rings is 1. The molecule has 2 rings (SSSR count). The zero-order valence-electron chi connectivity index (χ0n) is 12.0. The quantitative estimate of drug-likeness (QED) is 0.921. The molecule has 1 fully saturated rings. The van der Waals surface area contributed by atoms with E-state index < -0.39 is 5.54 Å². The molecule has 1 aliphatic heterocycles. The Morgan fingerprint density at radius 3 is 2.55 bits per heavy atom. The molecule has 0 aliphatic carbocycles. The van der Waals surface area contributed by atoms with E-state index >= 15 is 0 Å².